The molecule has 0 radical (unpaired) electrons. The van der Waals surface area contributed by atoms with Crippen LogP contribution in [0.15, 0.2) is 18.2 Å². The Labute approximate surface area is 116 Å². The van der Waals surface area contributed by atoms with E-state index < -0.39 is 6.10 Å². The highest BCUT2D eigenvalue weighted by Gasteiger charge is 2.09. The molecule has 0 saturated heterocycles. The Hall–Kier alpha value is -1.37. The van der Waals surface area contributed by atoms with Gasteiger partial charge in [0.15, 0.2) is 11.5 Å². The van der Waals surface area contributed by atoms with Crippen LogP contribution in [0, 0.1) is 0 Å². The van der Waals surface area contributed by atoms with Gasteiger partial charge in [0.2, 0.25) is 0 Å². The largest absolute Gasteiger partial charge is 0.504 e. The van der Waals surface area contributed by atoms with Gasteiger partial charge in [-0.25, -0.2) is 4.21 Å². The summed E-state index contributed by atoms with van der Waals surface area (Å²) in [4.78, 5) is 0.853. The van der Waals surface area contributed by atoms with Gasteiger partial charge in [-0.15, -0.1) is 0 Å². The number of phenolic OH excluding ortho intramolecular Hbond substituents is 2. The van der Waals surface area contributed by atoms with E-state index in [-0.39, 0.29) is 11.5 Å². The molecular weight excluding hydrogens is 266 g/mol. The maximum atomic E-state index is 10.4. The second-order valence-electron chi connectivity index (χ2n) is 4.36. The van der Waals surface area contributed by atoms with Crippen molar-refractivity contribution in [3.63, 3.8) is 0 Å². The zero-order valence-electron chi connectivity index (χ0n) is 10.8. The lowest BCUT2D eigenvalue weighted by Crippen LogP contribution is -2.22. The molecule has 5 nitrogen and oxygen atoms in total. The highest BCUT2D eigenvalue weighted by molar-refractivity contribution is 7.66. The molecule has 0 saturated carbocycles. The van der Waals surface area contributed by atoms with Crippen molar-refractivity contribution in [3.05, 3.63) is 23.8 Å². The van der Waals surface area contributed by atoms with E-state index in [2.05, 4.69) is 5.32 Å². The number of nitrogens with one attached hydrogen (secondary N) is 1. The molecule has 106 valence electrons. The third kappa shape index (κ3) is 5.42. The lowest BCUT2D eigenvalue weighted by molar-refractivity contribution is 0.174. The molecule has 4 N–H and O–H groups in total. The molecule has 0 fully saturated rings. The summed E-state index contributed by atoms with van der Waals surface area (Å²) < 4.78 is 10.4. The van der Waals surface area contributed by atoms with Crippen LogP contribution in [0.1, 0.15) is 31.4 Å². The molecule has 6 heteroatoms. The van der Waals surface area contributed by atoms with Crippen molar-refractivity contribution in [1.82, 2.24) is 5.32 Å². The molecule has 0 amide bonds. The van der Waals surface area contributed by atoms with E-state index >= 15 is 0 Å². The maximum Gasteiger partial charge on any atom is 0.157 e. The lowest BCUT2D eigenvalue weighted by Gasteiger charge is -2.12. The highest BCUT2D eigenvalue weighted by atomic mass is 32.1. The van der Waals surface area contributed by atoms with Crippen LogP contribution in [-0.2, 0) is 11.3 Å². The van der Waals surface area contributed by atoms with Crippen LogP contribution >= 0.6 is 0 Å². The van der Waals surface area contributed by atoms with Crippen LogP contribution in [0.2, 0.25) is 0 Å². The summed E-state index contributed by atoms with van der Waals surface area (Å²) in [5.74, 6) is -0.445. The summed E-state index contributed by atoms with van der Waals surface area (Å²) in [6.45, 7) is 2.87. The Morgan fingerprint density at radius 2 is 2.11 bits per heavy atom. The van der Waals surface area contributed by atoms with Crippen molar-refractivity contribution in [2.24, 2.45) is 0 Å². The van der Waals surface area contributed by atoms with Crippen LogP contribution in [0.4, 0.5) is 0 Å². The quantitative estimate of drug-likeness (QED) is 0.340. The molecule has 1 atom stereocenters. The van der Waals surface area contributed by atoms with Crippen molar-refractivity contribution < 1.29 is 19.5 Å². The number of phenols is 2. The molecule has 1 rings (SSSR count). The van der Waals surface area contributed by atoms with E-state index in [4.69, 9.17) is 5.11 Å². The summed E-state index contributed by atoms with van der Waals surface area (Å²) in [7, 11) is 0. The summed E-state index contributed by atoms with van der Waals surface area (Å²) in [6.07, 6.45) is 0.858. The Balaban J connectivity index is 2.33. The lowest BCUT2D eigenvalue weighted by atomic mass is 10.1. The fraction of sp³-hybridized carbons (Fsp3) is 0.462. The molecule has 0 aliphatic heterocycles. The van der Waals surface area contributed by atoms with Gasteiger partial charge in [0.05, 0.1) is 17.4 Å². The number of aromatic hydroxyl groups is 2. The van der Waals surface area contributed by atoms with E-state index in [0.29, 0.717) is 29.9 Å². The van der Waals surface area contributed by atoms with Gasteiger partial charge in [-0.05, 0) is 44.0 Å². The van der Waals surface area contributed by atoms with Gasteiger partial charge < -0.3 is 20.6 Å². The van der Waals surface area contributed by atoms with Gasteiger partial charge in [0.1, 0.15) is 0 Å². The predicted molar refractivity (Wildman–Crippen MR) is 75.7 cm³/mol. The number of aliphatic hydroxyl groups excluding tert-OH is 1. The summed E-state index contributed by atoms with van der Waals surface area (Å²) >= 11 is 0.527. The van der Waals surface area contributed by atoms with Crippen molar-refractivity contribution in [3.8, 4) is 11.5 Å². The molecule has 19 heavy (non-hydrogen) atoms. The molecular formula is C13H19NO4S. The molecule has 0 unspecified atom stereocenters. The highest BCUT2D eigenvalue weighted by Crippen LogP contribution is 2.27. The third-order valence-corrected chi connectivity index (χ3v) is 3.24. The van der Waals surface area contributed by atoms with E-state index in [9.17, 15) is 14.4 Å². The Kier molecular flexibility index (Phi) is 6.55. The SMILES string of the molecule is CC(CCCNC[C@H](O)c1ccc(O)c(O)c1)=S=O. The van der Waals surface area contributed by atoms with Crippen LogP contribution < -0.4 is 5.32 Å². The van der Waals surface area contributed by atoms with Gasteiger partial charge >= 0.3 is 0 Å². The summed E-state index contributed by atoms with van der Waals surface area (Å²) in [5, 5.41) is 31.5. The second-order valence-corrected chi connectivity index (χ2v) is 5.22. The zero-order valence-corrected chi connectivity index (χ0v) is 11.6. The van der Waals surface area contributed by atoms with Crippen molar-refractivity contribution in [2.75, 3.05) is 13.1 Å². The minimum Gasteiger partial charge on any atom is -0.504 e. The van der Waals surface area contributed by atoms with Crippen LogP contribution in [-0.4, -0.2) is 37.5 Å². The number of rotatable bonds is 7. The minimum atomic E-state index is -0.745. The Morgan fingerprint density at radius 1 is 1.37 bits per heavy atom. The monoisotopic (exact) mass is 285 g/mol. The van der Waals surface area contributed by atoms with Crippen LogP contribution in [0.5, 0.6) is 11.5 Å². The first-order valence-electron chi connectivity index (χ1n) is 6.07. The zero-order chi connectivity index (χ0) is 14.3. The van der Waals surface area contributed by atoms with E-state index in [1.165, 1.54) is 12.1 Å². The first-order valence-corrected chi connectivity index (χ1v) is 6.81. The fourth-order valence-corrected chi connectivity index (χ4v) is 1.84. The number of aliphatic hydroxyl groups is 1. The standard InChI is InChI=1S/C13H19NO4S/c1-9(19-18)3-2-6-14-8-13(17)10-4-5-11(15)12(16)7-10/h4-5,7,13-17H,2-3,6,8H2,1H3/t13-/m0/s1. The summed E-state index contributed by atoms with van der Waals surface area (Å²) in [5.41, 5.74) is 0.542. The van der Waals surface area contributed by atoms with Crippen molar-refractivity contribution in [1.29, 1.82) is 0 Å². The van der Waals surface area contributed by atoms with E-state index in [0.717, 1.165) is 17.7 Å². The van der Waals surface area contributed by atoms with E-state index in [1.54, 1.807) is 6.07 Å². The molecule has 0 aliphatic rings. The van der Waals surface area contributed by atoms with Gasteiger partial charge in [-0.2, -0.15) is 0 Å². The topological polar surface area (TPSA) is 89.8 Å². The first-order chi connectivity index (χ1) is 9.04. The maximum absolute atomic E-state index is 10.4. The average molecular weight is 285 g/mol. The van der Waals surface area contributed by atoms with Crippen molar-refractivity contribution in [2.45, 2.75) is 25.9 Å². The minimum absolute atomic E-state index is 0.204. The fourth-order valence-electron chi connectivity index (χ4n) is 1.61. The van der Waals surface area contributed by atoms with E-state index in [1.807, 2.05) is 6.92 Å². The number of hydrogen-bond donors (Lipinski definition) is 4. The number of hydrogen-bond acceptors (Lipinski definition) is 5. The average Bonchev–Trinajstić information content (AvgIpc) is 2.40. The molecule has 0 bridgehead atoms. The van der Waals surface area contributed by atoms with Gasteiger partial charge in [-0.1, -0.05) is 6.07 Å². The van der Waals surface area contributed by atoms with Gasteiger partial charge in [0.25, 0.3) is 0 Å². The molecule has 0 spiro atoms. The Morgan fingerprint density at radius 3 is 2.74 bits per heavy atom. The summed E-state index contributed by atoms with van der Waals surface area (Å²) in [6, 6.07) is 4.25. The second kappa shape index (κ2) is 7.93. The smallest absolute Gasteiger partial charge is 0.157 e. The molecule has 0 aliphatic carbocycles. The van der Waals surface area contributed by atoms with Crippen LogP contribution in [0.3, 0.4) is 0 Å². The van der Waals surface area contributed by atoms with Crippen LogP contribution in [0.25, 0.3) is 0 Å². The molecule has 0 heterocycles. The Bertz CT molecular complexity index is 472. The molecule has 0 aromatic heterocycles. The molecule has 1 aromatic rings. The molecule has 1 aromatic carbocycles. The van der Waals surface area contributed by atoms with Gasteiger partial charge in [0, 0.05) is 11.4 Å². The number of benzene rings is 1. The van der Waals surface area contributed by atoms with Crippen molar-refractivity contribution >= 4 is 16.1 Å². The van der Waals surface area contributed by atoms with Gasteiger partial charge in [-0.3, -0.25) is 0 Å². The normalized spacial score (nSPS) is 12.1. The predicted octanol–water partition coefficient (Wildman–Crippen LogP) is 0.906. The first kappa shape index (κ1) is 15.7. The third-order valence-electron chi connectivity index (χ3n) is 2.75.